The topological polar surface area (TPSA) is 52.7 Å². The molecule has 5 nitrogen and oxygen atoms in total. The maximum Gasteiger partial charge on any atom is 0.224 e. The molecule has 1 atom stereocenters. The second-order valence-corrected chi connectivity index (χ2v) is 9.99. The molecule has 0 radical (unpaired) electrons. The summed E-state index contributed by atoms with van der Waals surface area (Å²) in [5.41, 5.74) is 2.23. The van der Waals surface area contributed by atoms with Crippen molar-refractivity contribution >= 4 is 23.2 Å². The Hall–Kier alpha value is -2.04. The molecule has 1 saturated heterocycles. The lowest BCUT2D eigenvalue weighted by Gasteiger charge is -2.36. The lowest BCUT2D eigenvalue weighted by Crippen LogP contribution is -2.48. The second kappa shape index (κ2) is 11.4. The van der Waals surface area contributed by atoms with Gasteiger partial charge in [-0.2, -0.15) is 0 Å². The minimum atomic E-state index is 0.0784. The van der Waals surface area contributed by atoms with Gasteiger partial charge in [-0.3, -0.25) is 9.59 Å². The number of carbonyl (C=O) groups excluding carboxylic acids is 2. The van der Waals surface area contributed by atoms with Crippen molar-refractivity contribution < 1.29 is 9.59 Å². The average Bonchev–Trinajstić information content (AvgIpc) is 2.67. The molecule has 0 aromatic heterocycles. The third-order valence-electron chi connectivity index (χ3n) is 5.64. The molecular weight excluding hydrogens is 374 g/mol. The molecule has 2 rings (SSSR count). The summed E-state index contributed by atoms with van der Waals surface area (Å²) < 4.78 is 0. The van der Waals surface area contributed by atoms with Crippen LogP contribution in [0.3, 0.4) is 0 Å². The van der Waals surface area contributed by atoms with Gasteiger partial charge in [-0.15, -0.1) is 0 Å². The summed E-state index contributed by atoms with van der Waals surface area (Å²) in [5, 5.41) is 3.02. The van der Waals surface area contributed by atoms with E-state index in [2.05, 4.69) is 57.0 Å². The zero-order chi connectivity index (χ0) is 22.1. The minimum Gasteiger partial charge on any atom is -0.368 e. The lowest BCUT2D eigenvalue weighted by atomic mass is 9.84. The Morgan fingerprint density at radius 2 is 1.67 bits per heavy atom. The number of nitrogens with one attached hydrogen (secondary N) is 1. The Bertz CT molecular complexity index is 671. The highest BCUT2D eigenvalue weighted by Crippen LogP contribution is 2.26. The largest absolute Gasteiger partial charge is 0.368 e. The van der Waals surface area contributed by atoms with Crippen LogP contribution in [0.5, 0.6) is 0 Å². The van der Waals surface area contributed by atoms with E-state index in [0.717, 1.165) is 63.2 Å². The quantitative estimate of drug-likeness (QED) is 0.556. The molecule has 0 aliphatic carbocycles. The maximum absolute atomic E-state index is 12.3. The number of nitrogens with zero attached hydrogens (tertiary/aromatic N) is 2. The second-order valence-electron chi connectivity index (χ2n) is 9.99. The SMILES string of the molecule is CCCCCC(=O)N1CCN(c2ccc(NC(=O)C[C@H](C)CC(C)(C)C)cc2)CC1. The van der Waals surface area contributed by atoms with Crippen LogP contribution in [0.4, 0.5) is 11.4 Å². The van der Waals surface area contributed by atoms with Crippen molar-refractivity contribution in [2.24, 2.45) is 11.3 Å². The number of amides is 2. The van der Waals surface area contributed by atoms with Gasteiger partial charge in [0.25, 0.3) is 0 Å². The molecule has 0 saturated carbocycles. The monoisotopic (exact) mass is 415 g/mol. The smallest absolute Gasteiger partial charge is 0.224 e. The van der Waals surface area contributed by atoms with E-state index in [-0.39, 0.29) is 11.3 Å². The molecule has 5 heteroatoms. The standard InChI is InChI=1S/C25H41N3O2/c1-6-7-8-9-24(30)28-16-14-27(15-17-28)22-12-10-21(11-13-22)26-23(29)18-20(2)19-25(3,4)5/h10-13,20H,6-9,14-19H2,1-5H3,(H,26,29)/t20-/m0/s1. The van der Waals surface area contributed by atoms with Crippen LogP contribution in [-0.2, 0) is 9.59 Å². The summed E-state index contributed by atoms with van der Waals surface area (Å²) in [6, 6.07) is 8.08. The van der Waals surface area contributed by atoms with Crippen molar-refractivity contribution in [1.82, 2.24) is 4.90 Å². The van der Waals surface area contributed by atoms with Gasteiger partial charge in [0.15, 0.2) is 0 Å². The molecule has 0 unspecified atom stereocenters. The molecule has 30 heavy (non-hydrogen) atoms. The number of rotatable bonds is 9. The van der Waals surface area contributed by atoms with Gasteiger partial charge in [-0.25, -0.2) is 0 Å². The van der Waals surface area contributed by atoms with Crippen molar-refractivity contribution in [3.63, 3.8) is 0 Å². The fourth-order valence-electron chi connectivity index (χ4n) is 4.30. The van der Waals surface area contributed by atoms with Crippen molar-refractivity contribution in [3.05, 3.63) is 24.3 Å². The molecule has 1 aromatic carbocycles. The van der Waals surface area contributed by atoms with Crippen molar-refractivity contribution in [2.45, 2.75) is 73.1 Å². The van der Waals surface area contributed by atoms with Crippen molar-refractivity contribution in [3.8, 4) is 0 Å². The van der Waals surface area contributed by atoms with E-state index < -0.39 is 0 Å². The third-order valence-corrected chi connectivity index (χ3v) is 5.64. The number of carbonyl (C=O) groups is 2. The molecule has 0 bridgehead atoms. The molecule has 1 aliphatic rings. The fourth-order valence-corrected chi connectivity index (χ4v) is 4.30. The average molecular weight is 416 g/mol. The maximum atomic E-state index is 12.3. The molecule has 1 heterocycles. The fraction of sp³-hybridized carbons (Fsp3) is 0.680. The molecule has 2 amide bonds. The first kappa shape index (κ1) is 24.2. The minimum absolute atomic E-state index is 0.0784. The summed E-state index contributed by atoms with van der Waals surface area (Å²) >= 11 is 0. The van der Waals surface area contributed by atoms with E-state index in [0.29, 0.717) is 24.7 Å². The van der Waals surface area contributed by atoms with E-state index in [4.69, 9.17) is 0 Å². The molecule has 1 aliphatic heterocycles. The van der Waals surface area contributed by atoms with Crippen LogP contribution in [0, 0.1) is 11.3 Å². The van der Waals surface area contributed by atoms with Gasteiger partial charge in [0, 0.05) is 50.4 Å². The van der Waals surface area contributed by atoms with Gasteiger partial charge >= 0.3 is 0 Å². The van der Waals surface area contributed by atoms with E-state index in [1.54, 1.807) is 0 Å². The van der Waals surface area contributed by atoms with E-state index in [1.807, 2.05) is 17.0 Å². The highest BCUT2D eigenvalue weighted by Gasteiger charge is 2.21. The zero-order valence-electron chi connectivity index (χ0n) is 19.7. The van der Waals surface area contributed by atoms with Gasteiger partial charge in [0.1, 0.15) is 0 Å². The number of hydrogen-bond donors (Lipinski definition) is 1. The molecular formula is C25H41N3O2. The van der Waals surface area contributed by atoms with Crippen LogP contribution in [0.2, 0.25) is 0 Å². The molecule has 1 N–H and O–H groups in total. The highest BCUT2D eigenvalue weighted by molar-refractivity contribution is 5.91. The first-order valence-electron chi connectivity index (χ1n) is 11.6. The Kier molecular flexibility index (Phi) is 9.19. The summed E-state index contributed by atoms with van der Waals surface area (Å²) in [7, 11) is 0. The number of hydrogen-bond acceptors (Lipinski definition) is 3. The lowest BCUT2D eigenvalue weighted by molar-refractivity contribution is -0.131. The molecule has 168 valence electrons. The van der Waals surface area contributed by atoms with E-state index >= 15 is 0 Å². The predicted octanol–water partition coefficient (Wildman–Crippen LogP) is 5.32. The molecule has 0 spiro atoms. The van der Waals surface area contributed by atoms with Crippen molar-refractivity contribution in [2.75, 3.05) is 36.4 Å². The van der Waals surface area contributed by atoms with Gasteiger partial charge in [-0.1, -0.05) is 47.5 Å². The van der Waals surface area contributed by atoms with E-state index in [1.165, 1.54) is 0 Å². The summed E-state index contributed by atoms with van der Waals surface area (Å²) in [6.45, 7) is 14.2. The number of piperazine rings is 1. The van der Waals surface area contributed by atoms with Crippen LogP contribution < -0.4 is 10.2 Å². The van der Waals surface area contributed by atoms with Crippen molar-refractivity contribution in [1.29, 1.82) is 0 Å². The van der Waals surface area contributed by atoms with Crippen LogP contribution in [0.25, 0.3) is 0 Å². The zero-order valence-corrected chi connectivity index (χ0v) is 19.7. The number of benzene rings is 1. The summed E-state index contributed by atoms with van der Waals surface area (Å²) in [6.07, 6.45) is 5.53. The van der Waals surface area contributed by atoms with Crippen LogP contribution >= 0.6 is 0 Å². The van der Waals surface area contributed by atoms with Crippen LogP contribution in [0.1, 0.15) is 73.1 Å². The summed E-state index contributed by atoms with van der Waals surface area (Å²) in [5.74, 6) is 0.738. The first-order valence-corrected chi connectivity index (χ1v) is 11.6. The Morgan fingerprint density at radius 3 is 2.23 bits per heavy atom. The van der Waals surface area contributed by atoms with Gasteiger partial charge in [0.05, 0.1) is 0 Å². The normalized spacial score (nSPS) is 15.8. The third kappa shape index (κ3) is 8.37. The molecule has 1 aromatic rings. The van der Waals surface area contributed by atoms with Crippen LogP contribution in [0.15, 0.2) is 24.3 Å². The summed E-state index contributed by atoms with van der Waals surface area (Å²) in [4.78, 5) is 28.9. The Labute approximate surface area is 183 Å². The number of anilines is 2. The van der Waals surface area contributed by atoms with Gasteiger partial charge in [-0.05, 0) is 48.4 Å². The number of unbranched alkanes of at least 4 members (excludes halogenated alkanes) is 2. The molecule has 1 fully saturated rings. The Morgan fingerprint density at radius 1 is 1.03 bits per heavy atom. The predicted molar refractivity (Wildman–Crippen MR) is 126 cm³/mol. The van der Waals surface area contributed by atoms with Gasteiger partial charge < -0.3 is 15.1 Å². The van der Waals surface area contributed by atoms with E-state index in [9.17, 15) is 9.59 Å². The Balaban J connectivity index is 1.78. The first-order chi connectivity index (χ1) is 14.2. The highest BCUT2D eigenvalue weighted by atomic mass is 16.2. The van der Waals surface area contributed by atoms with Gasteiger partial charge in [0.2, 0.25) is 11.8 Å². The van der Waals surface area contributed by atoms with Crippen LogP contribution in [-0.4, -0.2) is 42.9 Å².